The highest BCUT2D eigenvalue weighted by molar-refractivity contribution is 6.29. The summed E-state index contributed by atoms with van der Waals surface area (Å²) in [6, 6.07) is 9.61. The van der Waals surface area contributed by atoms with Crippen LogP contribution in [0.1, 0.15) is 0 Å². The lowest BCUT2D eigenvalue weighted by Gasteiger charge is -1.95. The normalized spacial score (nSPS) is 10.1. The van der Waals surface area contributed by atoms with Crippen LogP contribution in [0.2, 0.25) is 5.15 Å². The van der Waals surface area contributed by atoms with Crippen molar-refractivity contribution in [3.05, 3.63) is 41.7 Å². The Bertz CT molecular complexity index is 369. The van der Waals surface area contributed by atoms with Crippen LogP contribution in [0.5, 0.6) is 0 Å². The second kappa shape index (κ2) is 2.95. The average molecular weight is 180 g/mol. The molecule has 1 aromatic heterocycles. The topological polar surface area (TPSA) is 30.7 Å². The molecule has 0 saturated carbocycles. The molecule has 0 amide bonds. The lowest BCUT2D eigenvalue weighted by molar-refractivity contribution is 0.752. The van der Waals surface area contributed by atoms with Crippen molar-refractivity contribution < 1.29 is 0 Å². The molecular weight excluding hydrogens is 174 g/mol. The maximum atomic E-state index is 5.62. The Labute approximate surface area is 74.6 Å². The van der Waals surface area contributed by atoms with Gasteiger partial charge in [-0.2, -0.15) is 9.90 Å². The molecule has 0 fully saturated rings. The van der Waals surface area contributed by atoms with Gasteiger partial charge in [0.2, 0.25) is 0 Å². The van der Waals surface area contributed by atoms with Crippen molar-refractivity contribution in [2.45, 2.75) is 0 Å². The van der Waals surface area contributed by atoms with Crippen LogP contribution in [0, 0.1) is 0 Å². The molecule has 1 aromatic carbocycles. The molecule has 60 valence electrons. The molecule has 0 bridgehead atoms. The van der Waals surface area contributed by atoms with Crippen LogP contribution in [-0.2, 0) is 0 Å². The van der Waals surface area contributed by atoms with E-state index in [1.54, 1.807) is 0 Å². The zero-order valence-electron chi connectivity index (χ0n) is 6.18. The molecule has 0 atom stereocenters. The Morgan fingerprint density at radius 2 is 1.92 bits per heavy atom. The van der Waals surface area contributed by atoms with E-state index in [0.717, 1.165) is 5.69 Å². The SMILES string of the molecule is Clc1cnn(-c2ccccc2)n1. The minimum atomic E-state index is 0.402. The first-order valence-electron chi connectivity index (χ1n) is 3.49. The van der Waals surface area contributed by atoms with Gasteiger partial charge in [0.05, 0.1) is 11.9 Å². The number of hydrogen-bond donors (Lipinski definition) is 0. The summed E-state index contributed by atoms with van der Waals surface area (Å²) in [6.45, 7) is 0. The van der Waals surface area contributed by atoms with Crippen molar-refractivity contribution in [2.24, 2.45) is 0 Å². The quantitative estimate of drug-likeness (QED) is 0.670. The van der Waals surface area contributed by atoms with Crippen molar-refractivity contribution in [3.63, 3.8) is 0 Å². The van der Waals surface area contributed by atoms with E-state index in [9.17, 15) is 0 Å². The largest absolute Gasteiger partial charge is 0.171 e. The highest BCUT2D eigenvalue weighted by Gasteiger charge is 1.97. The summed E-state index contributed by atoms with van der Waals surface area (Å²) < 4.78 is 0. The number of halogens is 1. The third-order valence-corrected chi connectivity index (χ3v) is 1.62. The number of para-hydroxylation sites is 1. The molecule has 0 N–H and O–H groups in total. The number of rotatable bonds is 1. The predicted molar refractivity (Wildman–Crippen MR) is 46.4 cm³/mol. The Morgan fingerprint density at radius 1 is 1.17 bits per heavy atom. The van der Waals surface area contributed by atoms with E-state index in [1.807, 2.05) is 30.3 Å². The number of nitrogens with zero attached hydrogens (tertiary/aromatic N) is 3. The molecule has 1 heterocycles. The molecule has 3 nitrogen and oxygen atoms in total. The van der Waals surface area contributed by atoms with Crippen molar-refractivity contribution >= 4 is 11.6 Å². The lowest BCUT2D eigenvalue weighted by Crippen LogP contribution is -1.97. The Balaban J connectivity index is 2.45. The Kier molecular flexibility index (Phi) is 1.80. The van der Waals surface area contributed by atoms with Crippen LogP contribution in [0.3, 0.4) is 0 Å². The standard InChI is InChI=1S/C8H6ClN3/c9-8-6-10-12(11-8)7-4-2-1-3-5-7/h1-6H. The number of hydrogen-bond acceptors (Lipinski definition) is 2. The molecule has 0 aliphatic rings. The first-order valence-corrected chi connectivity index (χ1v) is 3.87. The van der Waals surface area contributed by atoms with Gasteiger partial charge in [-0.05, 0) is 12.1 Å². The van der Waals surface area contributed by atoms with Gasteiger partial charge in [0, 0.05) is 0 Å². The summed E-state index contributed by atoms with van der Waals surface area (Å²) in [5.74, 6) is 0. The molecule has 2 rings (SSSR count). The van der Waals surface area contributed by atoms with Crippen LogP contribution in [0.15, 0.2) is 36.5 Å². The molecule has 0 spiro atoms. The monoisotopic (exact) mass is 179 g/mol. The highest BCUT2D eigenvalue weighted by Crippen LogP contribution is 2.06. The molecule has 2 aromatic rings. The summed E-state index contributed by atoms with van der Waals surface area (Å²) in [6.07, 6.45) is 1.51. The van der Waals surface area contributed by atoms with Gasteiger partial charge >= 0.3 is 0 Å². The van der Waals surface area contributed by atoms with Gasteiger partial charge in [0.1, 0.15) is 0 Å². The maximum Gasteiger partial charge on any atom is 0.171 e. The van der Waals surface area contributed by atoms with Gasteiger partial charge in [-0.25, -0.2) is 0 Å². The van der Waals surface area contributed by atoms with Gasteiger partial charge in [-0.1, -0.05) is 29.8 Å². The van der Waals surface area contributed by atoms with E-state index in [2.05, 4.69) is 10.2 Å². The van der Waals surface area contributed by atoms with E-state index in [-0.39, 0.29) is 0 Å². The van der Waals surface area contributed by atoms with E-state index in [1.165, 1.54) is 11.0 Å². The summed E-state index contributed by atoms with van der Waals surface area (Å²) >= 11 is 5.62. The highest BCUT2D eigenvalue weighted by atomic mass is 35.5. The molecule has 0 aliphatic heterocycles. The van der Waals surface area contributed by atoms with E-state index in [0.29, 0.717) is 5.15 Å². The predicted octanol–water partition coefficient (Wildman–Crippen LogP) is 1.92. The van der Waals surface area contributed by atoms with Crippen molar-refractivity contribution in [1.82, 2.24) is 15.0 Å². The zero-order chi connectivity index (χ0) is 8.39. The number of aromatic nitrogens is 3. The Hall–Kier alpha value is -1.35. The van der Waals surface area contributed by atoms with E-state index >= 15 is 0 Å². The summed E-state index contributed by atoms with van der Waals surface area (Å²) in [5.41, 5.74) is 0.907. The smallest absolute Gasteiger partial charge is 0.155 e. The summed E-state index contributed by atoms with van der Waals surface area (Å²) in [7, 11) is 0. The van der Waals surface area contributed by atoms with Gasteiger partial charge in [0.15, 0.2) is 5.15 Å². The fraction of sp³-hybridized carbons (Fsp3) is 0. The van der Waals surface area contributed by atoms with Crippen LogP contribution < -0.4 is 0 Å². The Morgan fingerprint density at radius 3 is 2.50 bits per heavy atom. The lowest BCUT2D eigenvalue weighted by atomic mass is 10.3. The third kappa shape index (κ3) is 1.31. The van der Waals surface area contributed by atoms with Crippen LogP contribution in [-0.4, -0.2) is 15.0 Å². The van der Waals surface area contributed by atoms with Crippen LogP contribution in [0.4, 0.5) is 0 Å². The summed E-state index contributed by atoms with van der Waals surface area (Å²) in [4.78, 5) is 1.49. The molecular formula is C8H6ClN3. The van der Waals surface area contributed by atoms with E-state index in [4.69, 9.17) is 11.6 Å². The fourth-order valence-corrected chi connectivity index (χ4v) is 1.05. The maximum absolute atomic E-state index is 5.62. The first kappa shape index (κ1) is 7.31. The van der Waals surface area contributed by atoms with E-state index < -0.39 is 0 Å². The average Bonchev–Trinajstić information content (AvgIpc) is 2.54. The van der Waals surface area contributed by atoms with Crippen LogP contribution >= 0.6 is 11.6 Å². The van der Waals surface area contributed by atoms with Gasteiger partial charge in [-0.3, -0.25) is 0 Å². The second-order valence-electron chi connectivity index (χ2n) is 2.29. The molecule has 0 saturated heterocycles. The number of benzene rings is 1. The minimum absolute atomic E-state index is 0.402. The van der Waals surface area contributed by atoms with Crippen molar-refractivity contribution in [1.29, 1.82) is 0 Å². The van der Waals surface area contributed by atoms with Crippen LogP contribution in [0.25, 0.3) is 5.69 Å². The molecule has 0 radical (unpaired) electrons. The second-order valence-corrected chi connectivity index (χ2v) is 2.68. The van der Waals surface area contributed by atoms with Crippen molar-refractivity contribution in [2.75, 3.05) is 0 Å². The minimum Gasteiger partial charge on any atom is -0.155 e. The third-order valence-electron chi connectivity index (χ3n) is 1.45. The van der Waals surface area contributed by atoms with Gasteiger partial charge in [-0.15, -0.1) is 5.10 Å². The summed E-state index contributed by atoms with van der Waals surface area (Å²) in [5, 5.41) is 8.31. The fourth-order valence-electron chi connectivity index (χ4n) is 0.930. The first-order chi connectivity index (χ1) is 5.86. The molecule has 0 aliphatic carbocycles. The van der Waals surface area contributed by atoms with Gasteiger partial charge < -0.3 is 0 Å². The zero-order valence-corrected chi connectivity index (χ0v) is 6.94. The molecule has 4 heteroatoms. The molecule has 0 unspecified atom stereocenters. The van der Waals surface area contributed by atoms with Crippen molar-refractivity contribution in [3.8, 4) is 5.69 Å². The van der Waals surface area contributed by atoms with Gasteiger partial charge in [0.25, 0.3) is 0 Å². The molecule has 12 heavy (non-hydrogen) atoms.